The fourth-order valence-corrected chi connectivity index (χ4v) is 5.02. The van der Waals surface area contributed by atoms with Gasteiger partial charge in [-0.05, 0) is 69.4 Å². The molecule has 170 valence electrons. The Labute approximate surface area is 195 Å². The van der Waals surface area contributed by atoms with Gasteiger partial charge in [0, 0.05) is 44.9 Å². The number of hydrogen-bond acceptors (Lipinski definition) is 6. The maximum atomic E-state index is 11.6. The topological polar surface area (TPSA) is 54.9 Å². The number of piperazine rings is 1. The van der Waals surface area contributed by atoms with Crippen LogP contribution in [0.3, 0.4) is 0 Å². The molecule has 3 heterocycles. The van der Waals surface area contributed by atoms with E-state index in [-0.39, 0.29) is 5.97 Å². The van der Waals surface area contributed by atoms with Crippen LogP contribution in [0.1, 0.15) is 42.5 Å². The number of hydrogen-bond donors (Lipinski definition) is 0. The molecule has 7 heteroatoms. The predicted octanol–water partition coefficient (Wildman–Crippen LogP) is 4.17. The lowest BCUT2D eigenvalue weighted by Gasteiger charge is -2.44. The summed E-state index contributed by atoms with van der Waals surface area (Å²) in [7, 11) is 0. The average molecular weight is 454 g/mol. The molecular weight excluding hydrogens is 422 g/mol. The van der Waals surface area contributed by atoms with Crippen molar-refractivity contribution in [3.63, 3.8) is 0 Å². The molecule has 0 N–H and O–H groups in total. The van der Waals surface area contributed by atoms with Crippen molar-refractivity contribution >= 4 is 29.0 Å². The number of carbonyl (C=O) groups excluding carboxylic acids is 1. The zero-order valence-corrected chi connectivity index (χ0v) is 20.3. The number of thiocarbonyl (C=S) groups is 1. The van der Waals surface area contributed by atoms with Gasteiger partial charge in [0.2, 0.25) is 0 Å². The first kappa shape index (κ1) is 22.5. The smallest absolute Gasteiger partial charge is 0.308 e. The van der Waals surface area contributed by atoms with Crippen molar-refractivity contribution in [1.82, 2.24) is 9.88 Å². The van der Waals surface area contributed by atoms with Gasteiger partial charge in [-0.15, -0.1) is 0 Å². The van der Waals surface area contributed by atoms with Gasteiger partial charge in [0.1, 0.15) is 22.3 Å². The molecule has 6 nitrogen and oxygen atoms in total. The molecule has 0 saturated carbocycles. The summed E-state index contributed by atoms with van der Waals surface area (Å²) in [5, 5.41) is 0. The normalized spacial score (nSPS) is 20.4. The van der Waals surface area contributed by atoms with Gasteiger partial charge in [-0.25, -0.2) is 4.98 Å². The Morgan fingerprint density at radius 3 is 2.47 bits per heavy atom. The van der Waals surface area contributed by atoms with E-state index in [2.05, 4.69) is 21.7 Å². The van der Waals surface area contributed by atoms with Gasteiger partial charge >= 0.3 is 5.97 Å². The van der Waals surface area contributed by atoms with E-state index < -0.39 is 5.60 Å². The van der Waals surface area contributed by atoms with Crippen molar-refractivity contribution < 1.29 is 14.3 Å². The average Bonchev–Trinajstić information content (AvgIpc) is 2.80. The lowest BCUT2D eigenvalue weighted by atomic mass is 9.86. The fraction of sp³-hybridized carbons (Fsp3) is 0.480. The summed E-state index contributed by atoms with van der Waals surface area (Å²) in [4.78, 5) is 21.5. The zero-order valence-electron chi connectivity index (χ0n) is 19.5. The van der Waals surface area contributed by atoms with Crippen molar-refractivity contribution in [2.45, 2.75) is 53.1 Å². The first-order valence-corrected chi connectivity index (χ1v) is 11.6. The Morgan fingerprint density at radius 2 is 1.84 bits per heavy atom. The minimum Gasteiger partial charge on any atom is -0.480 e. The van der Waals surface area contributed by atoms with Crippen LogP contribution in [-0.2, 0) is 11.2 Å². The van der Waals surface area contributed by atoms with Crippen LogP contribution in [0.4, 0.5) is 5.82 Å². The minimum atomic E-state index is -0.540. The maximum absolute atomic E-state index is 11.6. The molecule has 2 aliphatic rings. The van der Waals surface area contributed by atoms with Crippen LogP contribution in [-0.4, -0.2) is 52.6 Å². The first-order chi connectivity index (χ1) is 15.2. The third kappa shape index (κ3) is 4.06. The number of benzene rings is 1. The van der Waals surface area contributed by atoms with E-state index >= 15 is 0 Å². The molecule has 0 radical (unpaired) electrons. The molecule has 1 aromatic carbocycles. The molecule has 0 bridgehead atoms. The maximum Gasteiger partial charge on any atom is 0.308 e. The van der Waals surface area contributed by atoms with Crippen molar-refractivity contribution in [3.05, 3.63) is 46.6 Å². The number of carbonyl (C=O) groups is 1. The lowest BCUT2D eigenvalue weighted by molar-refractivity contribution is -0.132. The SMILES string of the molecule is CC(=O)Oc1c(C)c(C)c2c(c1C)CCC(C)(C(=S)N1CCN(c3ccccn3)CC1)O2. The molecule has 4 rings (SSSR count). The Balaban J connectivity index is 1.52. The van der Waals surface area contributed by atoms with Gasteiger partial charge in [-0.1, -0.05) is 18.3 Å². The molecule has 1 saturated heterocycles. The highest BCUT2D eigenvalue weighted by Gasteiger charge is 2.41. The van der Waals surface area contributed by atoms with Crippen molar-refractivity contribution in [3.8, 4) is 11.5 Å². The minimum absolute atomic E-state index is 0.303. The molecule has 1 unspecified atom stereocenters. The van der Waals surface area contributed by atoms with Gasteiger partial charge < -0.3 is 19.3 Å². The highest BCUT2D eigenvalue weighted by atomic mass is 32.1. The van der Waals surface area contributed by atoms with Gasteiger partial charge in [0.25, 0.3) is 0 Å². The first-order valence-electron chi connectivity index (χ1n) is 11.2. The van der Waals surface area contributed by atoms with Crippen LogP contribution in [0.2, 0.25) is 0 Å². The molecule has 2 aliphatic heterocycles. The second-order valence-electron chi connectivity index (χ2n) is 8.91. The van der Waals surface area contributed by atoms with Gasteiger partial charge in [-0.2, -0.15) is 0 Å². The molecule has 0 spiro atoms. The molecular formula is C25H31N3O3S. The number of fused-ring (bicyclic) bond motifs is 1. The van der Waals surface area contributed by atoms with E-state index in [0.717, 1.165) is 77.8 Å². The van der Waals surface area contributed by atoms with Crippen LogP contribution in [0.15, 0.2) is 24.4 Å². The van der Waals surface area contributed by atoms with E-state index in [1.54, 1.807) is 0 Å². The summed E-state index contributed by atoms with van der Waals surface area (Å²) in [5.41, 5.74) is 3.51. The highest BCUT2D eigenvalue weighted by Crippen LogP contribution is 2.44. The van der Waals surface area contributed by atoms with E-state index in [1.807, 2.05) is 45.2 Å². The van der Waals surface area contributed by atoms with Crippen molar-refractivity contribution in [2.75, 3.05) is 31.1 Å². The van der Waals surface area contributed by atoms with Crippen LogP contribution >= 0.6 is 12.2 Å². The number of pyridine rings is 1. The summed E-state index contributed by atoms with van der Waals surface area (Å²) in [6.45, 7) is 13.0. The van der Waals surface area contributed by atoms with Crippen LogP contribution in [0.25, 0.3) is 0 Å². The standard InChI is InChI=1S/C25H31N3O3S/c1-16-17(2)23-20(18(3)22(16)30-19(4)29)9-10-25(5,31-23)24(32)28-14-12-27(13-15-28)21-8-6-7-11-26-21/h6-8,11H,9-10,12-15H2,1-5H3. The molecule has 1 fully saturated rings. The number of rotatable bonds is 3. The van der Waals surface area contributed by atoms with Gasteiger partial charge in [0.05, 0.1) is 0 Å². The van der Waals surface area contributed by atoms with Crippen molar-refractivity contribution in [2.24, 2.45) is 0 Å². The molecule has 32 heavy (non-hydrogen) atoms. The fourth-order valence-electron chi connectivity index (χ4n) is 4.70. The van der Waals surface area contributed by atoms with E-state index in [9.17, 15) is 4.79 Å². The van der Waals surface area contributed by atoms with Crippen LogP contribution in [0.5, 0.6) is 11.5 Å². The Kier molecular flexibility index (Phi) is 6.12. The van der Waals surface area contributed by atoms with Gasteiger partial charge in [0.15, 0.2) is 5.60 Å². The van der Waals surface area contributed by atoms with E-state index in [0.29, 0.717) is 5.75 Å². The third-order valence-corrected chi connectivity index (χ3v) is 7.42. The summed E-state index contributed by atoms with van der Waals surface area (Å²) in [6.07, 6.45) is 3.46. The van der Waals surface area contributed by atoms with E-state index in [4.69, 9.17) is 21.7 Å². The molecule has 0 amide bonds. The quantitative estimate of drug-likeness (QED) is 0.393. The Bertz CT molecular complexity index is 1050. The lowest BCUT2D eigenvalue weighted by Crippen LogP contribution is -2.57. The van der Waals surface area contributed by atoms with Crippen LogP contribution < -0.4 is 14.4 Å². The second kappa shape index (κ2) is 8.70. The Morgan fingerprint density at radius 1 is 1.12 bits per heavy atom. The third-order valence-electron chi connectivity index (χ3n) is 6.73. The molecule has 1 aromatic heterocycles. The van der Waals surface area contributed by atoms with E-state index in [1.165, 1.54) is 6.92 Å². The monoisotopic (exact) mass is 453 g/mol. The Hall–Kier alpha value is -2.67. The predicted molar refractivity (Wildman–Crippen MR) is 130 cm³/mol. The van der Waals surface area contributed by atoms with Gasteiger partial charge in [-0.3, -0.25) is 4.79 Å². The van der Waals surface area contributed by atoms with Crippen LogP contribution in [0, 0.1) is 20.8 Å². The summed E-state index contributed by atoms with van der Waals surface area (Å²) in [5.74, 6) is 2.26. The number of aromatic nitrogens is 1. The largest absolute Gasteiger partial charge is 0.480 e. The number of nitrogens with zero attached hydrogens (tertiary/aromatic N) is 3. The summed E-state index contributed by atoms with van der Waals surface area (Å²) >= 11 is 5.98. The zero-order chi connectivity index (χ0) is 23.0. The summed E-state index contributed by atoms with van der Waals surface area (Å²) in [6, 6.07) is 6.01. The highest BCUT2D eigenvalue weighted by molar-refractivity contribution is 7.80. The summed E-state index contributed by atoms with van der Waals surface area (Å²) < 4.78 is 12.2. The molecule has 2 aromatic rings. The molecule has 1 atom stereocenters. The number of esters is 1. The number of anilines is 1. The second-order valence-corrected chi connectivity index (χ2v) is 9.29. The van der Waals surface area contributed by atoms with Crippen molar-refractivity contribution in [1.29, 1.82) is 0 Å². The molecule has 0 aliphatic carbocycles. The number of ether oxygens (including phenoxy) is 2.